The lowest BCUT2D eigenvalue weighted by Gasteiger charge is -2.14. The van der Waals surface area contributed by atoms with Crippen molar-refractivity contribution in [1.82, 2.24) is 10.2 Å². The fourth-order valence-corrected chi connectivity index (χ4v) is 5.31. The molecule has 3 aromatic rings. The van der Waals surface area contributed by atoms with Crippen molar-refractivity contribution in [2.24, 2.45) is 0 Å². The summed E-state index contributed by atoms with van der Waals surface area (Å²) < 4.78 is 5.12. The Morgan fingerprint density at radius 1 is 0.881 bits per heavy atom. The van der Waals surface area contributed by atoms with Crippen LogP contribution in [0.4, 0.5) is 16.2 Å². The molecule has 2 aliphatic heterocycles. The number of rotatable bonds is 8. The van der Waals surface area contributed by atoms with Crippen molar-refractivity contribution < 1.29 is 33.5 Å². The third-order valence-electron chi connectivity index (χ3n) is 6.50. The van der Waals surface area contributed by atoms with Gasteiger partial charge in [-0.1, -0.05) is 12.1 Å². The second-order valence-corrected chi connectivity index (χ2v) is 10.3. The van der Waals surface area contributed by atoms with Crippen molar-refractivity contribution in [2.75, 3.05) is 30.4 Å². The summed E-state index contributed by atoms with van der Waals surface area (Å²) in [6, 6.07) is 17.4. The summed E-state index contributed by atoms with van der Waals surface area (Å²) in [4.78, 5) is 77.7. The lowest BCUT2D eigenvalue weighted by atomic mass is 10.1. The van der Waals surface area contributed by atoms with Gasteiger partial charge >= 0.3 is 0 Å². The van der Waals surface area contributed by atoms with Crippen LogP contribution in [0.2, 0.25) is 0 Å². The molecule has 0 radical (unpaired) electrons. The third kappa shape index (κ3) is 5.65. The predicted octanol–water partition coefficient (Wildman–Crippen LogP) is 3.92. The van der Waals surface area contributed by atoms with Gasteiger partial charge in [0.25, 0.3) is 28.9 Å². The average molecular weight is 585 g/mol. The summed E-state index contributed by atoms with van der Waals surface area (Å²) in [7, 11) is 1.55. The van der Waals surface area contributed by atoms with Crippen molar-refractivity contribution in [1.29, 1.82) is 0 Å². The van der Waals surface area contributed by atoms with Gasteiger partial charge in [0, 0.05) is 31.3 Å². The minimum Gasteiger partial charge on any atom is -0.497 e. The van der Waals surface area contributed by atoms with Crippen molar-refractivity contribution >= 4 is 64.0 Å². The molecule has 0 saturated carbocycles. The van der Waals surface area contributed by atoms with E-state index in [1.807, 2.05) is 0 Å². The first-order valence-electron chi connectivity index (χ1n) is 12.7. The molecule has 0 aromatic heterocycles. The van der Waals surface area contributed by atoms with Crippen LogP contribution in [-0.2, 0) is 9.59 Å². The molecule has 1 saturated heterocycles. The number of carbonyl (C=O) groups is 6. The second-order valence-electron chi connectivity index (χ2n) is 9.30. The second kappa shape index (κ2) is 11.7. The van der Waals surface area contributed by atoms with Gasteiger partial charge < -0.3 is 15.4 Å². The van der Waals surface area contributed by atoms with Crippen molar-refractivity contribution in [3.63, 3.8) is 0 Å². The molecule has 5 rings (SSSR count). The van der Waals surface area contributed by atoms with Crippen LogP contribution in [-0.4, -0.2) is 59.9 Å². The monoisotopic (exact) mass is 584 g/mol. The Balaban J connectivity index is 1.21. The van der Waals surface area contributed by atoms with Crippen LogP contribution in [0, 0.1) is 0 Å². The van der Waals surface area contributed by atoms with Gasteiger partial charge in [0.1, 0.15) is 5.75 Å². The molecule has 0 aliphatic carbocycles. The van der Waals surface area contributed by atoms with E-state index in [-0.39, 0.29) is 40.6 Å². The van der Waals surface area contributed by atoms with Crippen LogP contribution in [0.3, 0.4) is 0 Å². The number of carbonyl (C=O) groups excluding carboxylic acids is 6. The number of imide groups is 2. The highest BCUT2D eigenvalue weighted by molar-refractivity contribution is 8.18. The zero-order valence-electron chi connectivity index (χ0n) is 22.5. The van der Waals surface area contributed by atoms with Crippen LogP contribution in [0.1, 0.15) is 43.6 Å². The average Bonchev–Trinajstić information content (AvgIpc) is 3.39. The Bertz CT molecular complexity index is 1670. The van der Waals surface area contributed by atoms with Crippen LogP contribution < -0.4 is 20.3 Å². The van der Waals surface area contributed by atoms with E-state index < -0.39 is 28.9 Å². The largest absolute Gasteiger partial charge is 0.497 e. The van der Waals surface area contributed by atoms with E-state index in [0.717, 1.165) is 27.1 Å². The summed E-state index contributed by atoms with van der Waals surface area (Å²) in [5.74, 6) is -1.69. The van der Waals surface area contributed by atoms with Gasteiger partial charge in [0.2, 0.25) is 5.91 Å². The number of hydrogen-bond acceptors (Lipinski definition) is 8. The molecule has 2 heterocycles. The third-order valence-corrected chi connectivity index (χ3v) is 7.41. The van der Waals surface area contributed by atoms with Crippen LogP contribution in [0.15, 0.2) is 71.6 Å². The van der Waals surface area contributed by atoms with E-state index in [9.17, 15) is 28.8 Å². The standard InChI is InChI=1S/C30H24N4O7S/c1-17(35)32-20-6-8-21(9-7-20)34-27(37)23-12-5-19(16-24(23)28(34)38)26(36)31-13-14-33-29(39)25(42-30(33)40)15-18-3-10-22(41-2)11-4-18/h3-12,15-16H,13-14H2,1-2H3,(H,31,36)(H,32,35). The highest BCUT2D eigenvalue weighted by atomic mass is 32.2. The minimum atomic E-state index is -0.585. The van der Waals surface area contributed by atoms with E-state index in [4.69, 9.17) is 4.74 Å². The maximum Gasteiger partial charge on any atom is 0.293 e. The number of anilines is 2. The fraction of sp³-hybridized carbons (Fsp3) is 0.133. The number of methoxy groups -OCH3 is 1. The predicted molar refractivity (Wildman–Crippen MR) is 156 cm³/mol. The van der Waals surface area contributed by atoms with E-state index in [1.165, 1.54) is 37.3 Å². The Kier molecular flexibility index (Phi) is 7.89. The molecule has 6 amide bonds. The van der Waals surface area contributed by atoms with Crippen LogP contribution in [0.25, 0.3) is 6.08 Å². The van der Waals surface area contributed by atoms with Gasteiger partial charge in [0.05, 0.1) is 28.8 Å². The van der Waals surface area contributed by atoms with E-state index in [0.29, 0.717) is 17.1 Å². The maximum atomic E-state index is 13.1. The number of amides is 6. The Morgan fingerprint density at radius 3 is 2.24 bits per heavy atom. The lowest BCUT2D eigenvalue weighted by Crippen LogP contribution is -2.37. The SMILES string of the molecule is COc1ccc(C=C2SC(=O)N(CCNC(=O)c3ccc4c(c3)C(=O)N(c3ccc(NC(C)=O)cc3)C4=O)C2=O)cc1. The van der Waals surface area contributed by atoms with Crippen LogP contribution >= 0.6 is 11.8 Å². The van der Waals surface area contributed by atoms with Gasteiger partial charge in [-0.25, -0.2) is 4.90 Å². The Morgan fingerprint density at radius 2 is 1.57 bits per heavy atom. The number of ether oxygens (including phenoxy) is 1. The zero-order valence-corrected chi connectivity index (χ0v) is 23.3. The van der Waals surface area contributed by atoms with E-state index in [1.54, 1.807) is 49.6 Å². The van der Waals surface area contributed by atoms with Gasteiger partial charge in [0.15, 0.2) is 0 Å². The molecule has 3 aromatic carbocycles. The zero-order chi connectivity index (χ0) is 30.0. The highest BCUT2D eigenvalue weighted by Gasteiger charge is 2.37. The Labute approximate surface area is 244 Å². The fourth-order valence-electron chi connectivity index (χ4n) is 4.44. The van der Waals surface area contributed by atoms with Gasteiger partial charge in [-0.05, 0) is 78.0 Å². The van der Waals surface area contributed by atoms with Crippen molar-refractivity contribution in [3.05, 3.63) is 93.9 Å². The first kappa shape index (κ1) is 28.3. The summed E-state index contributed by atoms with van der Waals surface area (Å²) >= 11 is 0.819. The number of hydrogen-bond donors (Lipinski definition) is 2. The summed E-state index contributed by atoms with van der Waals surface area (Å²) in [6.45, 7) is 1.32. The normalized spacial score (nSPS) is 15.3. The molecule has 0 unspecified atom stereocenters. The smallest absolute Gasteiger partial charge is 0.293 e. The van der Waals surface area contributed by atoms with Gasteiger partial charge in [-0.2, -0.15) is 0 Å². The molecule has 1 fully saturated rings. The molecule has 212 valence electrons. The molecular formula is C30H24N4O7S. The van der Waals surface area contributed by atoms with E-state index >= 15 is 0 Å². The number of benzene rings is 3. The molecule has 12 heteroatoms. The number of fused-ring (bicyclic) bond motifs is 1. The number of nitrogens with zero attached hydrogens (tertiary/aromatic N) is 2. The quantitative estimate of drug-likeness (QED) is 0.300. The molecule has 11 nitrogen and oxygen atoms in total. The lowest BCUT2D eigenvalue weighted by molar-refractivity contribution is -0.122. The van der Waals surface area contributed by atoms with Crippen molar-refractivity contribution in [2.45, 2.75) is 6.92 Å². The molecule has 0 atom stereocenters. The molecule has 0 bridgehead atoms. The molecule has 0 spiro atoms. The number of nitrogens with one attached hydrogen (secondary N) is 2. The summed E-state index contributed by atoms with van der Waals surface area (Å²) in [5, 5.41) is 4.83. The molecular weight excluding hydrogens is 560 g/mol. The van der Waals surface area contributed by atoms with Crippen LogP contribution in [0.5, 0.6) is 5.75 Å². The van der Waals surface area contributed by atoms with E-state index in [2.05, 4.69) is 10.6 Å². The maximum absolute atomic E-state index is 13.1. The summed E-state index contributed by atoms with van der Waals surface area (Å²) in [6.07, 6.45) is 1.62. The first-order chi connectivity index (χ1) is 20.2. The highest BCUT2D eigenvalue weighted by Crippen LogP contribution is 2.32. The topological polar surface area (TPSA) is 142 Å². The first-order valence-corrected chi connectivity index (χ1v) is 13.6. The minimum absolute atomic E-state index is 0.0105. The number of thioether (sulfide) groups is 1. The van der Waals surface area contributed by atoms with Crippen molar-refractivity contribution in [3.8, 4) is 5.75 Å². The summed E-state index contributed by atoms with van der Waals surface area (Å²) in [5.41, 5.74) is 1.95. The molecule has 42 heavy (non-hydrogen) atoms. The van der Waals surface area contributed by atoms with Gasteiger partial charge in [-0.3, -0.25) is 33.7 Å². The Hall–Kier alpha value is -5.23. The molecule has 2 aliphatic rings. The van der Waals surface area contributed by atoms with Gasteiger partial charge in [-0.15, -0.1) is 0 Å². The molecule has 2 N–H and O–H groups in total.